The molecule has 124 valence electrons. The highest BCUT2D eigenvalue weighted by atomic mass is 16.5. The van der Waals surface area contributed by atoms with Gasteiger partial charge in [0.15, 0.2) is 0 Å². The monoisotopic (exact) mass is 315 g/mol. The molecular formula is C18H25N3O2. The first-order valence-electron chi connectivity index (χ1n) is 8.80. The predicted octanol–water partition coefficient (Wildman–Crippen LogP) is 1.81. The quantitative estimate of drug-likeness (QED) is 0.890. The number of ether oxygens (including phenoxy) is 1. The molecule has 4 rings (SSSR count). The number of benzene rings is 1. The molecule has 2 N–H and O–H groups in total. The molecule has 0 spiro atoms. The number of hydrogen-bond acceptors (Lipinski definition) is 4. The molecule has 5 nitrogen and oxygen atoms in total. The second kappa shape index (κ2) is 6.49. The van der Waals surface area contributed by atoms with Crippen LogP contribution in [0.25, 0.3) is 0 Å². The Kier molecular flexibility index (Phi) is 4.23. The highest BCUT2D eigenvalue weighted by Crippen LogP contribution is 2.45. The van der Waals surface area contributed by atoms with Gasteiger partial charge in [0.25, 0.3) is 5.91 Å². The third-order valence-corrected chi connectivity index (χ3v) is 5.39. The Morgan fingerprint density at radius 3 is 3.04 bits per heavy atom. The van der Waals surface area contributed by atoms with E-state index >= 15 is 0 Å². The molecule has 1 aromatic carbocycles. The van der Waals surface area contributed by atoms with Gasteiger partial charge >= 0.3 is 0 Å². The summed E-state index contributed by atoms with van der Waals surface area (Å²) < 4.78 is 5.34. The Morgan fingerprint density at radius 2 is 2.17 bits per heavy atom. The maximum atomic E-state index is 12.4. The molecule has 2 heterocycles. The van der Waals surface area contributed by atoms with Crippen LogP contribution in [0.1, 0.15) is 41.1 Å². The van der Waals surface area contributed by atoms with Gasteiger partial charge in [-0.2, -0.15) is 0 Å². The molecule has 2 fully saturated rings. The normalized spacial score (nSPS) is 26.4. The number of hydrogen-bond donors (Lipinski definition) is 2. The minimum absolute atomic E-state index is 0.0440. The van der Waals surface area contributed by atoms with Crippen LogP contribution in [0.4, 0.5) is 5.69 Å². The molecule has 1 aromatic rings. The van der Waals surface area contributed by atoms with Gasteiger partial charge < -0.3 is 15.4 Å². The molecule has 1 amide bonds. The van der Waals surface area contributed by atoms with E-state index in [1.165, 1.54) is 30.5 Å². The summed E-state index contributed by atoms with van der Waals surface area (Å²) in [4.78, 5) is 14.7. The van der Waals surface area contributed by atoms with Crippen molar-refractivity contribution in [3.8, 4) is 0 Å². The molecule has 5 heteroatoms. The van der Waals surface area contributed by atoms with Crippen LogP contribution in [-0.2, 0) is 4.74 Å². The summed E-state index contributed by atoms with van der Waals surface area (Å²) in [6.45, 7) is 5.11. The summed E-state index contributed by atoms with van der Waals surface area (Å²) >= 11 is 0. The van der Waals surface area contributed by atoms with E-state index < -0.39 is 0 Å². The molecule has 1 saturated carbocycles. The number of fused-ring (bicyclic) bond motifs is 3. The van der Waals surface area contributed by atoms with Crippen molar-refractivity contribution in [3.05, 3.63) is 29.3 Å². The van der Waals surface area contributed by atoms with Crippen LogP contribution in [0.2, 0.25) is 0 Å². The Hall–Kier alpha value is -1.59. The summed E-state index contributed by atoms with van der Waals surface area (Å²) in [6.07, 6.45) is 3.78. The smallest absolute Gasteiger partial charge is 0.251 e. The Bertz CT molecular complexity index is 584. The van der Waals surface area contributed by atoms with E-state index in [0.717, 1.165) is 38.4 Å². The molecule has 1 aliphatic carbocycles. The number of anilines is 1. The average molecular weight is 315 g/mol. The second-order valence-electron chi connectivity index (χ2n) is 6.80. The number of carbonyl (C=O) groups excluding carboxylic acids is 1. The lowest BCUT2D eigenvalue weighted by Gasteiger charge is -2.26. The zero-order valence-corrected chi connectivity index (χ0v) is 13.5. The predicted molar refractivity (Wildman–Crippen MR) is 90.0 cm³/mol. The number of nitrogens with one attached hydrogen (secondary N) is 2. The summed E-state index contributed by atoms with van der Waals surface area (Å²) in [6, 6.07) is 6.70. The lowest BCUT2D eigenvalue weighted by Crippen LogP contribution is -2.41. The van der Waals surface area contributed by atoms with Crippen molar-refractivity contribution in [3.63, 3.8) is 0 Å². The molecule has 23 heavy (non-hydrogen) atoms. The van der Waals surface area contributed by atoms with E-state index in [4.69, 9.17) is 4.74 Å². The minimum Gasteiger partial charge on any atom is -0.381 e. The van der Waals surface area contributed by atoms with Gasteiger partial charge in [-0.25, -0.2) is 0 Å². The van der Waals surface area contributed by atoms with Gasteiger partial charge in [0.2, 0.25) is 0 Å². The van der Waals surface area contributed by atoms with Gasteiger partial charge in [-0.05, 0) is 36.6 Å². The molecule has 0 radical (unpaired) electrons. The minimum atomic E-state index is 0.0440. The van der Waals surface area contributed by atoms with Crippen molar-refractivity contribution in [2.75, 3.05) is 44.7 Å². The number of rotatable bonds is 4. The lowest BCUT2D eigenvalue weighted by molar-refractivity contribution is 0.0383. The fraction of sp³-hybridized carbons (Fsp3) is 0.611. The fourth-order valence-electron chi connectivity index (χ4n) is 4.10. The standard InChI is InChI=1S/C18H25N3O2/c22-18(19-6-7-21-8-10-23-11-9-21)13-4-5-17-15(12-13)14-2-1-3-16(14)20-17/h4-5,12,14,16,20H,1-3,6-11H2,(H,19,22). The van der Waals surface area contributed by atoms with Gasteiger partial charge in [0, 0.05) is 49.4 Å². The lowest BCUT2D eigenvalue weighted by atomic mass is 9.96. The molecular weight excluding hydrogens is 290 g/mol. The molecule has 2 aliphatic heterocycles. The van der Waals surface area contributed by atoms with Crippen LogP contribution < -0.4 is 10.6 Å². The molecule has 3 aliphatic rings. The van der Waals surface area contributed by atoms with Gasteiger partial charge in [-0.15, -0.1) is 0 Å². The van der Waals surface area contributed by atoms with Crippen LogP contribution in [0.15, 0.2) is 18.2 Å². The van der Waals surface area contributed by atoms with Crippen molar-refractivity contribution in [2.45, 2.75) is 31.2 Å². The highest BCUT2D eigenvalue weighted by molar-refractivity contribution is 5.95. The van der Waals surface area contributed by atoms with Crippen molar-refractivity contribution >= 4 is 11.6 Å². The maximum absolute atomic E-state index is 12.4. The van der Waals surface area contributed by atoms with E-state index in [1.54, 1.807) is 0 Å². The van der Waals surface area contributed by atoms with Crippen LogP contribution in [0.3, 0.4) is 0 Å². The Balaban J connectivity index is 1.35. The fourth-order valence-corrected chi connectivity index (χ4v) is 4.10. The Morgan fingerprint density at radius 1 is 1.30 bits per heavy atom. The number of morpholine rings is 1. The summed E-state index contributed by atoms with van der Waals surface area (Å²) in [7, 11) is 0. The van der Waals surface area contributed by atoms with Gasteiger partial charge in [-0.1, -0.05) is 6.42 Å². The zero-order valence-electron chi connectivity index (χ0n) is 13.5. The largest absolute Gasteiger partial charge is 0.381 e. The van der Waals surface area contributed by atoms with Gasteiger partial charge in [0.05, 0.1) is 13.2 Å². The number of carbonyl (C=O) groups is 1. The Labute approximate surface area is 137 Å². The zero-order chi connectivity index (χ0) is 15.6. The third kappa shape index (κ3) is 3.08. The van der Waals surface area contributed by atoms with Crippen molar-refractivity contribution in [1.82, 2.24) is 10.2 Å². The van der Waals surface area contributed by atoms with Crippen LogP contribution in [-0.4, -0.2) is 56.2 Å². The van der Waals surface area contributed by atoms with E-state index in [0.29, 0.717) is 18.5 Å². The average Bonchev–Trinajstić information content (AvgIpc) is 3.16. The molecule has 1 saturated heterocycles. The maximum Gasteiger partial charge on any atom is 0.251 e. The second-order valence-corrected chi connectivity index (χ2v) is 6.80. The summed E-state index contributed by atoms with van der Waals surface area (Å²) in [5.74, 6) is 0.647. The van der Waals surface area contributed by atoms with E-state index in [2.05, 4.69) is 27.7 Å². The van der Waals surface area contributed by atoms with Crippen LogP contribution in [0.5, 0.6) is 0 Å². The SMILES string of the molecule is O=C(NCCN1CCOCC1)c1ccc2c(c1)C1CCCC1N2. The molecule has 2 unspecified atom stereocenters. The van der Waals surface area contributed by atoms with Crippen LogP contribution in [0, 0.1) is 0 Å². The van der Waals surface area contributed by atoms with Crippen molar-refractivity contribution in [1.29, 1.82) is 0 Å². The van der Waals surface area contributed by atoms with Crippen molar-refractivity contribution in [2.24, 2.45) is 0 Å². The topological polar surface area (TPSA) is 53.6 Å². The first-order chi connectivity index (χ1) is 11.3. The number of amides is 1. The van der Waals surface area contributed by atoms with Gasteiger partial charge in [0.1, 0.15) is 0 Å². The molecule has 2 atom stereocenters. The van der Waals surface area contributed by atoms with E-state index in [1.807, 2.05) is 6.07 Å². The molecule has 0 aromatic heterocycles. The molecule has 0 bridgehead atoms. The first kappa shape index (κ1) is 15.0. The number of nitrogens with zero attached hydrogens (tertiary/aromatic N) is 1. The first-order valence-corrected chi connectivity index (χ1v) is 8.80. The van der Waals surface area contributed by atoms with E-state index in [9.17, 15) is 4.79 Å². The van der Waals surface area contributed by atoms with E-state index in [-0.39, 0.29) is 5.91 Å². The summed E-state index contributed by atoms with van der Waals surface area (Å²) in [5.41, 5.74) is 3.36. The highest BCUT2D eigenvalue weighted by Gasteiger charge is 2.35. The third-order valence-electron chi connectivity index (χ3n) is 5.39. The van der Waals surface area contributed by atoms with Crippen LogP contribution >= 0.6 is 0 Å². The van der Waals surface area contributed by atoms with Crippen molar-refractivity contribution < 1.29 is 9.53 Å². The van der Waals surface area contributed by atoms with Gasteiger partial charge in [-0.3, -0.25) is 9.69 Å². The summed E-state index contributed by atoms with van der Waals surface area (Å²) in [5, 5.41) is 6.65.